The van der Waals surface area contributed by atoms with Gasteiger partial charge in [0.05, 0.1) is 11.4 Å². The van der Waals surface area contributed by atoms with Crippen molar-refractivity contribution in [3.05, 3.63) is 113 Å². The number of rotatable bonds is 6. The van der Waals surface area contributed by atoms with E-state index < -0.39 is 0 Å². The minimum atomic E-state index is 0.874. The lowest BCUT2D eigenvalue weighted by atomic mass is 9.98. The Morgan fingerprint density at radius 2 is 1.11 bits per heavy atom. The lowest BCUT2D eigenvalue weighted by molar-refractivity contribution is 1.19. The van der Waals surface area contributed by atoms with Crippen molar-refractivity contribution < 1.29 is 0 Å². The Morgan fingerprint density at radius 1 is 0.611 bits per heavy atom. The number of para-hydroxylation sites is 1. The van der Waals surface area contributed by atoms with Crippen molar-refractivity contribution in [3.8, 4) is 11.1 Å². The van der Waals surface area contributed by atoms with Gasteiger partial charge >= 0.3 is 0 Å². The largest absolute Gasteiger partial charge is 0.344 e. The van der Waals surface area contributed by atoms with Crippen LogP contribution in [-0.2, 0) is 6.42 Å². The van der Waals surface area contributed by atoms with Gasteiger partial charge in [-0.1, -0.05) is 60.7 Å². The van der Waals surface area contributed by atoms with Crippen LogP contribution in [0, 0.1) is 27.7 Å². The van der Waals surface area contributed by atoms with Crippen LogP contribution in [0.2, 0.25) is 0 Å². The third-order valence-electron chi connectivity index (χ3n) is 6.53. The lowest BCUT2D eigenvalue weighted by Gasteiger charge is -2.10. The highest BCUT2D eigenvalue weighted by molar-refractivity contribution is 5.95. The maximum Gasteiger partial charge on any atom is 0.103 e. The molecule has 0 saturated heterocycles. The van der Waals surface area contributed by atoms with Gasteiger partial charge in [0.15, 0.2) is 0 Å². The summed E-state index contributed by atoms with van der Waals surface area (Å²) < 4.78 is 0. The fraction of sp³-hybridized carbons (Fsp3) is 0.212. The molecule has 0 radical (unpaired) electrons. The molecule has 0 amide bonds. The average molecular weight is 474 g/mol. The maximum absolute atomic E-state index is 4.86. The van der Waals surface area contributed by atoms with Crippen LogP contribution in [0.3, 0.4) is 0 Å². The molecule has 1 N–H and O–H groups in total. The minimum absolute atomic E-state index is 0.874. The standard InChI is InChI=1S/C33H35N3/c1-22-9-7-10-23(2)32(22)21-26(5)34-30-17-13-28(14-18-30)29-15-19-31(20-16-29)35-27(6)36-33-24(3)11-8-12-25(33)4/h7-20H,21H2,1-6H3,(H,35,36). The number of aliphatic imine (C=N–C) groups is 2. The third kappa shape index (κ3) is 6.17. The first-order valence-corrected chi connectivity index (χ1v) is 12.5. The van der Waals surface area contributed by atoms with Gasteiger partial charge in [0.1, 0.15) is 5.84 Å². The van der Waals surface area contributed by atoms with E-state index >= 15 is 0 Å². The molecule has 0 aliphatic heterocycles. The van der Waals surface area contributed by atoms with Crippen molar-refractivity contribution in [3.63, 3.8) is 0 Å². The molecule has 4 rings (SSSR count). The molecule has 0 atom stereocenters. The van der Waals surface area contributed by atoms with Gasteiger partial charge in [-0.2, -0.15) is 0 Å². The lowest BCUT2D eigenvalue weighted by Crippen LogP contribution is -2.06. The fourth-order valence-corrected chi connectivity index (χ4v) is 4.50. The number of aryl methyl sites for hydroxylation is 4. The highest BCUT2D eigenvalue weighted by atomic mass is 15.0. The summed E-state index contributed by atoms with van der Waals surface area (Å²) in [7, 11) is 0. The second kappa shape index (κ2) is 11.2. The van der Waals surface area contributed by atoms with E-state index in [0.29, 0.717) is 0 Å². The van der Waals surface area contributed by atoms with E-state index in [0.717, 1.165) is 35.0 Å². The number of nitrogens with zero attached hydrogens (tertiary/aromatic N) is 2. The number of amidine groups is 1. The number of benzene rings is 4. The van der Waals surface area contributed by atoms with E-state index in [9.17, 15) is 0 Å². The average Bonchev–Trinajstić information content (AvgIpc) is 2.85. The Balaban J connectivity index is 1.43. The number of anilines is 1. The van der Waals surface area contributed by atoms with Crippen molar-refractivity contribution in [1.29, 1.82) is 0 Å². The summed E-state index contributed by atoms with van der Waals surface area (Å²) in [4.78, 5) is 9.65. The van der Waals surface area contributed by atoms with Crippen LogP contribution in [0.4, 0.5) is 17.1 Å². The molecule has 3 nitrogen and oxygen atoms in total. The van der Waals surface area contributed by atoms with Crippen LogP contribution in [-0.4, -0.2) is 11.5 Å². The highest BCUT2D eigenvalue weighted by Gasteiger charge is 2.05. The SMILES string of the molecule is CC(Cc1c(C)cccc1C)=Nc1ccc(-c2ccc(NC(C)=Nc3c(C)cccc3C)cc2)cc1. The van der Waals surface area contributed by atoms with Crippen molar-refractivity contribution >= 4 is 28.6 Å². The Morgan fingerprint density at radius 3 is 1.67 bits per heavy atom. The molecule has 0 unspecified atom stereocenters. The highest BCUT2D eigenvalue weighted by Crippen LogP contribution is 2.26. The Kier molecular flexibility index (Phi) is 7.80. The zero-order valence-corrected chi connectivity index (χ0v) is 22.2. The van der Waals surface area contributed by atoms with Crippen LogP contribution >= 0.6 is 0 Å². The smallest absolute Gasteiger partial charge is 0.103 e. The molecule has 3 heteroatoms. The van der Waals surface area contributed by atoms with Crippen LogP contribution in [0.15, 0.2) is 94.9 Å². The van der Waals surface area contributed by atoms with E-state index in [1.165, 1.54) is 38.9 Å². The summed E-state index contributed by atoms with van der Waals surface area (Å²) in [5, 5.41) is 3.41. The number of hydrogen-bond donors (Lipinski definition) is 1. The fourth-order valence-electron chi connectivity index (χ4n) is 4.50. The molecule has 182 valence electrons. The van der Waals surface area contributed by atoms with Gasteiger partial charge in [0, 0.05) is 17.8 Å². The molecule has 0 heterocycles. The molecule has 0 aliphatic carbocycles. The van der Waals surface area contributed by atoms with Crippen LogP contribution in [0.25, 0.3) is 11.1 Å². The molecule has 0 aromatic heterocycles. The van der Waals surface area contributed by atoms with Crippen LogP contribution in [0.5, 0.6) is 0 Å². The minimum Gasteiger partial charge on any atom is -0.344 e. The molecule has 4 aromatic carbocycles. The summed E-state index contributed by atoms with van der Waals surface area (Å²) in [6.07, 6.45) is 0.876. The van der Waals surface area contributed by atoms with Gasteiger partial charge in [0.25, 0.3) is 0 Å². The Bertz CT molecular complexity index is 1370. The van der Waals surface area contributed by atoms with E-state index in [1.807, 2.05) is 6.92 Å². The van der Waals surface area contributed by atoms with Gasteiger partial charge in [-0.25, -0.2) is 4.99 Å². The van der Waals surface area contributed by atoms with Crippen LogP contribution in [0.1, 0.15) is 41.7 Å². The van der Waals surface area contributed by atoms with Crippen molar-refractivity contribution in [2.75, 3.05) is 5.32 Å². The summed E-state index contributed by atoms with van der Waals surface area (Å²) in [5.41, 5.74) is 12.9. The zero-order chi connectivity index (χ0) is 25.7. The Hall–Kier alpha value is -3.98. The Labute approximate surface area is 215 Å². The van der Waals surface area contributed by atoms with E-state index in [4.69, 9.17) is 9.98 Å². The third-order valence-corrected chi connectivity index (χ3v) is 6.53. The second-order valence-electron chi connectivity index (χ2n) is 9.58. The van der Waals surface area contributed by atoms with Crippen molar-refractivity contribution in [2.45, 2.75) is 48.0 Å². The summed E-state index contributed by atoms with van der Waals surface area (Å²) in [6.45, 7) is 12.6. The molecular weight excluding hydrogens is 438 g/mol. The van der Waals surface area contributed by atoms with Gasteiger partial charge in [-0.3, -0.25) is 4.99 Å². The molecule has 0 spiro atoms. The van der Waals surface area contributed by atoms with Gasteiger partial charge in [-0.05, 0) is 105 Å². The van der Waals surface area contributed by atoms with Gasteiger partial charge in [0.2, 0.25) is 0 Å². The molecular formula is C33H35N3. The first kappa shape index (κ1) is 25.1. The predicted molar refractivity (Wildman–Crippen MR) is 157 cm³/mol. The molecule has 0 fully saturated rings. The maximum atomic E-state index is 4.86. The quantitative estimate of drug-likeness (QED) is 0.220. The predicted octanol–water partition coefficient (Wildman–Crippen LogP) is 9.08. The van der Waals surface area contributed by atoms with Crippen molar-refractivity contribution in [1.82, 2.24) is 0 Å². The summed E-state index contributed by atoms with van der Waals surface area (Å²) in [6, 6.07) is 29.7. The molecule has 0 bridgehead atoms. The molecule has 36 heavy (non-hydrogen) atoms. The molecule has 4 aromatic rings. The number of nitrogens with one attached hydrogen (secondary N) is 1. The van der Waals surface area contributed by atoms with Gasteiger partial charge < -0.3 is 5.32 Å². The van der Waals surface area contributed by atoms with E-state index in [-0.39, 0.29) is 0 Å². The zero-order valence-electron chi connectivity index (χ0n) is 22.2. The second-order valence-corrected chi connectivity index (χ2v) is 9.58. The van der Waals surface area contributed by atoms with Crippen LogP contribution < -0.4 is 5.32 Å². The summed E-state index contributed by atoms with van der Waals surface area (Å²) in [5.74, 6) is 0.874. The molecule has 0 aliphatic rings. The molecule has 0 saturated carbocycles. The normalized spacial score (nSPS) is 12.1. The monoisotopic (exact) mass is 473 g/mol. The topological polar surface area (TPSA) is 36.8 Å². The first-order chi connectivity index (χ1) is 17.3. The van der Waals surface area contributed by atoms with E-state index in [1.54, 1.807) is 0 Å². The van der Waals surface area contributed by atoms with Crippen molar-refractivity contribution in [2.24, 2.45) is 9.98 Å². The first-order valence-electron chi connectivity index (χ1n) is 12.5. The summed E-state index contributed by atoms with van der Waals surface area (Å²) >= 11 is 0. The number of hydrogen-bond acceptors (Lipinski definition) is 2. The van der Waals surface area contributed by atoms with E-state index in [2.05, 4.69) is 125 Å². The van der Waals surface area contributed by atoms with Gasteiger partial charge in [-0.15, -0.1) is 0 Å².